The fraction of sp³-hybridized carbons (Fsp3) is 0.667. The van der Waals surface area contributed by atoms with Crippen LogP contribution in [0.1, 0.15) is 26.2 Å². The van der Waals surface area contributed by atoms with Gasteiger partial charge < -0.3 is 14.6 Å². The number of hydrogen-bond donors (Lipinski definition) is 2. The molecule has 3 heterocycles. The zero-order chi connectivity index (χ0) is 24.1. The van der Waals surface area contributed by atoms with Gasteiger partial charge in [-0.1, -0.05) is 26.6 Å². The number of anilines is 1. The average molecular weight is 497 g/mol. The van der Waals surface area contributed by atoms with Gasteiger partial charge in [0.1, 0.15) is 12.2 Å². The summed E-state index contributed by atoms with van der Waals surface area (Å²) >= 11 is 0. The van der Waals surface area contributed by atoms with Crippen molar-refractivity contribution in [3.63, 3.8) is 0 Å². The number of fused-ring (bicyclic) bond motifs is 1. The van der Waals surface area contributed by atoms with Gasteiger partial charge in [0, 0.05) is 40.0 Å². The van der Waals surface area contributed by atoms with Crippen molar-refractivity contribution in [2.45, 2.75) is 64.6 Å². The first-order valence-electron chi connectivity index (χ1n) is 11.5. The summed E-state index contributed by atoms with van der Waals surface area (Å²) in [6, 6.07) is 2.29. The number of aromatic nitrogens is 3. The van der Waals surface area contributed by atoms with Crippen molar-refractivity contribution >= 4 is 41.1 Å². The second kappa shape index (κ2) is 10.9. The molecule has 2 aromatic rings. The van der Waals surface area contributed by atoms with E-state index in [1.165, 1.54) is 10.5 Å². The van der Waals surface area contributed by atoms with E-state index < -0.39 is 24.1 Å². The van der Waals surface area contributed by atoms with E-state index in [1.807, 2.05) is 23.8 Å². The van der Waals surface area contributed by atoms with Crippen molar-refractivity contribution in [2.24, 2.45) is 0 Å². The first kappa shape index (κ1) is 25.6. The highest BCUT2D eigenvalue weighted by atomic mass is 32.2. The van der Waals surface area contributed by atoms with Gasteiger partial charge >= 0.3 is 6.03 Å². The number of ether oxygens (including phenoxy) is 1. The topological polar surface area (TPSA) is 118 Å². The SMILES string of the molecule is CCCS(=O)(=O)N1CCCC1CNC(=O)Nc1cnc2c(ccn2COCC[Si](C)(C)C)n1. The van der Waals surface area contributed by atoms with Gasteiger partial charge in [-0.05, 0) is 31.4 Å². The minimum absolute atomic E-state index is 0.133. The molecule has 12 heteroatoms. The minimum Gasteiger partial charge on any atom is -0.361 e. The molecule has 0 saturated carbocycles. The summed E-state index contributed by atoms with van der Waals surface area (Å²) in [4.78, 5) is 21.2. The van der Waals surface area contributed by atoms with Crippen LogP contribution >= 0.6 is 0 Å². The Kier molecular flexibility index (Phi) is 8.48. The van der Waals surface area contributed by atoms with Crippen LogP contribution in [0.25, 0.3) is 11.2 Å². The van der Waals surface area contributed by atoms with Gasteiger partial charge in [-0.3, -0.25) is 5.32 Å². The third kappa shape index (κ3) is 7.23. The maximum absolute atomic E-state index is 12.4. The lowest BCUT2D eigenvalue weighted by atomic mass is 10.2. The summed E-state index contributed by atoms with van der Waals surface area (Å²) in [6.07, 6.45) is 5.50. The Balaban J connectivity index is 1.52. The van der Waals surface area contributed by atoms with E-state index in [9.17, 15) is 13.2 Å². The number of hydrogen-bond acceptors (Lipinski definition) is 6. The van der Waals surface area contributed by atoms with Crippen LogP contribution in [-0.2, 0) is 21.5 Å². The molecule has 2 N–H and O–H groups in total. The third-order valence-corrected chi connectivity index (χ3v) is 9.40. The summed E-state index contributed by atoms with van der Waals surface area (Å²) in [5.41, 5.74) is 1.35. The van der Waals surface area contributed by atoms with Gasteiger partial charge in [0.25, 0.3) is 0 Å². The highest BCUT2D eigenvalue weighted by Gasteiger charge is 2.33. The van der Waals surface area contributed by atoms with Crippen LogP contribution in [0.2, 0.25) is 25.7 Å². The predicted octanol–water partition coefficient (Wildman–Crippen LogP) is 3.07. The van der Waals surface area contributed by atoms with Crippen molar-refractivity contribution < 1.29 is 17.9 Å². The number of nitrogens with one attached hydrogen (secondary N) is 2. The van der Waals surface area contributed by atoms with E-state index in [4.69, 9.17) is 4.74 Å². The highest BCUT2D eigenvalue weighted by molar-refractivity contribution is 7.89. The van der Waals surface area contributed by atoms with E-state index in [1.54, 1.807) is 0 Å². The number of amides is 2. The van der Waals surface area contributed by atoms with Gasteiger partial charge in [0.15, 0.2) is 11.5 Å². The smallest absolute Gasteiger partial charge is 0.320 e. The quantitative estimate of drug-likeness (QED) is 0.365. The summed E-state index contributed by atoms with van der Waals surface area (Å²) in [7, 11) is -4.41. The molecule has 0 bridgehead atoms. The molecule has 184 valence electrons. The number of sulfonamides is 1. The molecule has 0 spiro atoms. The second-order valence-corrected chi connectivity index (χ2v) is 17.3. The third-order valence-electron chi connectivity index (χ3n) is 5.57. The fourth-order valence-electron chi connectivity index (χ4n) is 3.79. The Morgan fingerprint density at radius 1 is 1.33 bits per heavy atom. The second-order valence-electron chi connectivity index (χ2n) is 9.66. The van der Waals surface area contributed by atoms with Crippen molar-refractivity contribution in [1.82, 2.24) is 24.2 Å². The minimum atomic E-state index is -3.28. The van der Waals surface area contributed by atoms with Crippen molar-refractivity contribution in [3.05, 3.63) is 18.5 Å². The lowest BCUT2D eigenvalue weighted by molar-refractivity contribution is 0.0899. The molecule has 1 aliphatic heterocycles. The summed E-state index contributed by atoms with van der Waals surface area (Å²) in [5.74, 6) is 0.466. The molecular formula is C21H36N6O4SSi. The Hall–Kier alpha value is -2.02. The van der Waals surface area contributed by atoms with Crippen LogP contribution in [-0.4, -0.2) is 72.9 Å². The number of nitrogens with zero attached hydrogens (tertiary/aromatic N) is 4. The van der Waals surface area contributed by atoms with Crippen molar-refractivity contribution in [3.8, 4) is 0 Å². The van der Waals surface area contributed by atoms with Gasteiger partial charge in [-0.15, -0.1) is 0 Å². The van der Waals surface area contributed by atoms with E-state index in [0.717, 1.165) is 25.5 Å². The van der Waals surface area contributed by atoms with Crippen LogP contribution < -0.4 is 10.6 Å². The molecule has 1 fully saturated rings. The first-order valence-corrected chi connectivity index (χ1v) is 16.8. The Labute approximate surface area is 197 Å². The zero-order valence-electron chi connectivity index (χ0n) is 20.0. The molecule has 0 aliphatic carbocycles. The average Bonchev–Trinajstić information content (AvgIpc) is 3.36. The summed E-state index contributed by atoms with van der Waals surface area (Å²) in [5, 5.41) is 5.46. The maximum atomic E-state index is 12.4. The van der Waals surface area contributed by atoms with Crippen LogP contribution in [0.5, 0.6) is 0 Å². The van der Waals surface area contributed by atoms with Crippen LogP contribution in [0, 0.1) is 0 Å². The number of rotatable bonds is 11. The molecule has 2 aromatic heterocycles. The van der Waals surface area contributed by atoms with E-state index >= 15 is 0 Å². The Morgan fingerprint density at radius 3 is 2.85 bits per heavy atom. The number of carbonyl (C=O) groups is 1. The summed E-state index contributed by atoms with van der Waals surface area (Å²) < 4.78 is 34.0. The van der Waals surface area contributed by atoms with Gasteiger partial charge in [-0.25, -0.2) is 23.2 Å². The lowest BCUT2D eigenvalue weighted by Crippen LogP contribution is -2.44. The van der Waals surface area contributed by atoms with E-state index in [-0.39, 0.29) is 18.3 Å². The van der Waals surface area contributed by atoms with Crippen LogP contribution in [0.4, 0.5) is 10.6 Å². The number of carbonyl (C=O) groups excluding carboxylic acids is 1. The maximum Gasteiger partial charge on any atom is 0.320 e. The Bertz CT molecular complexity index is 1050. The molecule has 10 nitrogen and oxygen atoms in total. The predicted molar refractivity (Wildman–Crippen MR) is 132 cm³/mol. The Morgan fingerprint density at radius 2 is 2.12 bits per heavy atom. The monoisotopic (exact) mass is 496 g/mol. The van der Waals surface area contributed by atoms with Gasteiger partial charge in [-0.2, -0.15) is 4.31 Å². The molecule has 2 amide bonds. The molecule has 1 atom stereocenters. The molecule has 0 radical (unpaired) electrons. The largest absolute Gasteiger partial charge is 0.361 e. The fourth-order valence-corrected chi connectivity index (χ4v) is 6.34. The lowest BCUT2D eigenvalue weighted by Gasteiger charge is -2.24. The summed E-state index contributed by atoms with van der Waals surface area (Å²) in [6.45, 7) is 10.7. The first-order chi connectivity index (χ1) is 15.6. The van der Waals surface area contributed by atoms with Gasteiger partial charge in [0.2, 0.25) is 10.0 Å². The molecule has 1 unspecified atom stereocenters. The molecular weight excluding hydrogens is 460 g/mol. The molecule has 0 aromatic carbocycles. The normalized spacial score (nSPS) is 17.5. The van der Waals surface area contributed by atoms with Crippen LogP contribution in [0.3, 0.4) is 0 Å². The molecule has 33 heavy (non-hydrogen) atoms. The van der Waals surface area contributed by atoms with Crippen molar-refractivity contribution in [2.75, 3.05) is 30.8 Å². The number of urea groups is 1. The highest BCUT2D eigenvalue weighted by Crippen LogP contribution is 2.21. The molecule has 1 aliphatic rings. The van der Waals surface area contributed by atoms with E-state index in [0.29, 0.717) is 36.7 Å². The standard InChI is InChI=1S/C21H36N6O4SSi/c1-5-12-32(29,30)27-9-6-7-17(27)14-23-21(28)25-19-15-22-20-18(24-19)8-10-26(20)16-31-11-13-33(2,3)4/h8,10,15,17H,5-7,9,11-14,16H2,1-4H3,(H2,23,24,25,28). The van der Waals surface area contributed by atoms with Gasteiger partial charge in [0.05, 0.1) is 11.9 Å². The molecule has 1 saturated heterocycles. The van der Waals surface area contributed by atoms with E-state index in [2.05, 4.69) is 40.2 Å². The molecule has 3 rings (SSSR count). The zero-order valence-corrected chi connectivity index (χ0v) is 21.8. The van der Waals surface area contributed by atoms with Crippen molar-refractivity contribution in [1.29, 1.82) is 0 Å². The van der Waals surface area contributed by atoms with Crippen LogP contribution in [0.15, 0.2) is 18.5 Å².